The number of rotatable bonds is 5. The number of hydrogen-bond acceptors (Lipinski definition) is 5. The van der Waals surface area contributed by atoms with Gasteiger partial charge >= 0.3 is 5.63 Å². The molecule has 5 heteroatoms. The number of aromatic hydroxyl groups is 2. The largest absolute Gasteiger partial charge is 0.507 e. The molecule has 0 aliphatic heterocycles. The molecule has 0 aliphatic rings. The topological polar surface area (TPSA) is 87.7 Å². The SMILES string of the molecule is Cc1c(O)c(C(=O)CCc2ccccc2)c2oc(=O)c(-c3ccccc3)cc2c1O. The Morgan fingerprint density at radius 3 is 2.23 bits per heavy atom. The molecule has 0 saturated carbocycles. The van der Waals surface area contributed by atoms with E-state index in [9.17, 15) is 19.8 Å². The number of phenols is 2. The van der Waals surface area contributed by atoms with Crippen LogP contribution < -0.4 is 5.63 Å². The van der Waals surface area contributed by atoms with Gasteiger partial charge in [0.15, 0.2) is 11.4 Å². The number of Topliss-reactive ketones (excluding diaryl/α,β-unsaturated/α-hetero) is 1. The van der Waals surface area contributed by atoms with Gasteiger partial charge in [-0.2, -0.15) is 0 Å². The van der Waals surface area contributed by atoms with E-state index < -0.39 is 5.63 Å². The smallest absolute Gasteiger partial charge is 0.344 e. The number of hydrogen-bond donors (Lipinski definition) is 2. The first-order chi connectivity index (χ1) is 14.5. The molecule has 4 rings (SSSR count). The van der Waals surface area contributed by atoms with Gasteiger partial charge in [-0.15, -0.1) is 0 Å². The van der Waals surface area contributed by atoms with Crippen molar-refractivity contribution in [1.82, 2.24) is 0 Å². The second kappa shape index (κ2) is 7.87. The summed E-state index contributed by atoms with van der Waals surface area (Å²) >= 11 is 0. The molecular formula is C25H20O5. The average Bonchev–Trinajstić information content (AvgIpc) is 2.77. The van der Waals surface area contributed by atoms with E-state index in [1.165, 1.54) is 13.0 Å². The maximum absolute atomic E-state index is 13.0. The zero-order valence-electron chi connectivity index (χ0n) is 16.4. The number of carbonyl (C=O) groups excluding carboxylic acids is 1. The highest BCUT2D eigenvalue weighted by atomic mass is 16.4. The molecule has 1 aromatic heterocycles. The standard InChI is InChI=1S/C25H20O5/c1-15-22(27)19-14-18(17-10-6-3-7-11-17)25(29)30-24(19)21(23(15)28)20(26)13-12-16-8-4-2-5-9-16/h2-11,14,27-28H,12-13H2,1H3. The van der Waals surface area contributed by atoms with E-state index in [1.54, 1.807) is 24.3 Å². The molecular weight excluding hydrogens is 380 g/mol. The van der Waals surface area contributed by atoms with Crippen molar-refractivity contribution in [2.45, 2.75) is 19.8 Å². The fourth-order valence-corrected chi connectivity index (χ4v) is 3.55. The first-order valence-corrected chi connectivity index (χ1v) is 9.62. The van der Waals surface area contributed by atoms with E-state index in [-0.39, 0.29) is 51.4 Å². The normalized spacial score (nSPS) is 11.0. The molecule has 4 aromatic rings. The molecule has 5 nitrogen and oxygen atoms in total. The first kappa shape index (κ1) is 19.5. The van der Waals surface area contributed by atoms with Crippen LogP contribution in [0.3, 0.4) is 0 Å². The van der Waals surface area contributed by atoms with Crippen molar-refractivity contribution in [2.24, 2.45) is 0 Å². The molecule has 30 heavy (non-hydrogen) atoms. The molecule has 0 saturated heterocycles. The Morgan fingerprint density at radius 1 is 0.933 bits per heavy atom. The van der Waals surface area contributed by atoms with Gasteiger partial charge in [0.2, 0.25) is 0 Å². The third-order valence-electron chi connectivity index (χ3n) is 5.22. The van der Waals surface area contributed by atoms with Crippen molar-refractivity contribution in [3.05, 3.63) is 93.8 Å². The van der Waals surface area contributed by atoms with E-state index in [4.69, 9.17) is 4.42 Å². The van der Waals surface area contributed by atoms with E-state index in [0.29, 0.717) is 12.0 Å². The van der Waals surface area contributed by atoms with Crippen LogP contribution in [0.1, 0.15) is 27.9 Å². The summed E-state index contributed by atoms with van der Waals surface area (Å²) in [6.07, 6.45) is 0.605. The second-order valence-corrected chi connectivity index (χ2v) is 7.16. The van der Waals surface area contributed by atoms with Crippen molar-refractivity contribution < 1.29 is 19.4 Å². The summed E-state index contributed by atoms with van der Waals surface area (Å²) in [5.41, 5.74) is 1.23. The van der Waals surface area contributed by atoms with Crippen LogP contribution in [0.5, 0.6) is 11.5 Å². The maximum Gasteiger partial charge on any atom is 0.344 e. The molecule has 0 amide bonds. The quantitative estimate of drug-likeness (QED) is 0.364. The Labute approximate surface area is 172 Å². The number of phenolic OH excluding ortho intramolecular Hbond substituents is 2. The molecule has 1 heterocycles. The molecule has 0 radical (unpaired) electrons. The third-order valence-corrected chi connectivity index (χ3v) is 5.22. The fraction of sp³-hybridized carbons (Fsp3) is 0.120. The molecule has 0 fully saturated rings. The summed E-state index contributed by atoms with van der Waals surface area (Å²) in [5.74, 6) is -0.947. The first-order valence-electron chi connectivity index (χ1n) is 9.62. The van der Waals surface area contributed by atoms with Gasteiger partial charge in [-0.05, 0) is 30.5 Å². The number of aryl methyl sites for hydroxylation is 1. The molecule has 0 aliphatic carbocycles. The van der Waals surface area contributed by atoms with Crippen molar-refractivity contribution in [3.8, 4) is 22.6 Å². The molecule has 2 N–H and O–H groups in total. The zero-order valence-corrected chi connectivity index (χ0v) is 16.4. The zero-order chi connectivity index (χ0) is 21.3. The van der Waals surface area contributed by atoms with Crippen LogP contribution in [-0.2, 0) is 6.42 Å². The van der Waals surface area contributed by atoms with Gasteiger partial charge < -0.3 is 14.6 Å². The van der Waals surface area contributed by atoms with Crippen LogP contribution >= 0.6 is 0 Å². The number of benzene rings is 3. The predicted octanol–water partition coefficient (Wildman–Crippen LogP) is 5.00. The van der Waals surface area contributed by atoms with Gasteiger partial charge in [0.1, 0.15) is 17.1 Å². The third kappa shape index (κ3) is 3.46. The Kier molecular flexibility index (Phi) is 5.11. The van der Waals surface area contributed by atoms with Crippen LogP contribution in [0.25, 0.3) is 22.1 Å². The van der Waals surface area contributed by atoms with Crippen LogP contribution in [0.4, 0.5) is 0 Å². The Bertz CT molecular complexity index is 1290. The summed E-state index contributed by atoms with van der Waals surface area (Å²) in [6, 6.07) is 19.9. The number of carbonyl (C=O) groups is 1. The minimum absolute atomic E-state index is 0.0760. The van der Waals surface area contributed by atoms with E-state index in [0.717, 1.165) is 5.56 Å². The van der Waals surface area contributed by atoms with Crippen LogP contribution in [0.15, 0.2) is 75.9 Å². The second-order valence-electron chi connectivity index (χ2n) is 7.16. The lowest BCUT2D eigenvalue weighted by Crippen LogP contribution is -2.08. The minimum Gasteiger partial charge on any atom is -0.507 e. The number of ketones is 1. The van der Waals surface area contributed by atoms with Crippen molar-refractivity contribution in [1.29, 1.82) is 0 Å². The van der Waals surface area contributed by atoms with Crippen molar-refractivity contribution in [2.75, 3.05) is 0 Å². The minimum atomic E-state index is -0.645. The van der Waals surface area contributed by atoms with Crippen molar-refractivity contribution in [3.63, 3.8) is 0 Å². The summed E-state index contributed by atoms with van der Waals surface area (Å²) in [6.45, 7) is 1.52. The predicted molar refractivity (Wildman–Crippen MR) is 115 cm³/mol. The molecule has 0 spiro atoms. The monoisotopic (exact) mass is 400 g/mol. The summed E-state index contributed by atoms with van der Waals surface area (Å²) in [4.78, 5) is 25.6. The summed E-state index contributed by atoms with van der Waals surface area (Å²) in [7, 11) is 0. The highest BCUT2D eigenvalue weighted by Crippen LogP contribution is 2.40. The Balaban J connectivity index is 1.84. The molecule has 0 unspecified atom stereocenters. The van der Waals surface area contributed by atoms with Gasteiger partial charge in [-0.25, -0.2) is 4.79 Å². The van der Waals surface area contributed by atoms with Gasteiger partial charge in [0, 0.05) is 12.0 Å². The van der Waals surface area contributed by atoms with Crippen LogP contribution in [0, 0.1) is 6.92 Å². The van der Waals surface area contributed by atoms with Gasteiger partial charge in [-0.1, -0.05) is 60.7 Å². The average molecular weight is 400 g/mol. The molecule has 150 valence electrons. The van der Waals surface area contributed by atoms with Crippen LogP contribution in [-0.4, -0.2) is 16.0 Å². The Hall–Kier alpha value is -3.86. The lowest BCUT2D eigenvalue weighted by atomic mass is 9.95. The van der Waals surface area contributed by atoms with Crippen molar-refractivity contribution >= 4 is 16.8 Å². The number of fused-ring (bicyclic) bond motifs is 1. The maximum atomic E-state index is 13.0. The highest BCUT2D eigenvalue weighted by molar-refractivity contribution is 6.11. The highest BCUT2D eigenvalue weighted by Gasteiger charge is 2.24. The Morgan fingerprint density at radius 2 is 1.57 bits per heavy atom. The van der Waals surface area contributed by atoms with E-state index in [1.807, 2.05) is 36.4 Å². The van der Waals surface area contributed by atoms with Gasteiger partial charge in [-0.3, -0.25) is 4.79 Å². The molecule has 0 atom stereocenters. The lowest BCUT2D eigenvalue weighted by molar-refractivity contribution is 0.0980. The van der Waals surface area contributed by atoms with Gasteiger partial charge in [0.05, 0.1) is 10.9 Å². The summed E-state index contributed by atoms with van der Waals surface area (Å²) < 4.78 is 5.47. The summed E-state index contributed by atoms with van der Waals surface area (Å²) in [5, 5.41) is 21.4. The van der Waals surface area contributed by atoms with E-state index in [2.05, 4.69) is 0 Å². The van der Waals surface area contributed by atoms with E-state index >= 15 is 0 Å². The fourth-order valence-electron chi connectivity index (χ4n) is 3.55. The lowest BCUT2D eigenvalue weighted by Gasteiger charge is -2.13. The van der Waals surface area contributed by atoms with Gasteiger partial charge in [0.25, 0.3) is 0 Å². The molecule has 3 aromatic carbocycles. The van der Waals surface area contributed by atoms with Crippen LogP contribution in [0.2, 0.25) is 0 Å². The molecule has 0 bridgehead atoms.